The van der Waals surface area contributed by atoms with Crippen LogP contribution in [-0.2, 0) is 6.42 Å². The van der Waals surface area contributed by atoms with Gasteiger partial charge in [0, 0.05) is 12.2 Å². The van der Waals surface area contributed by atoms with Crippen LogP contribution in [0.4, 0.5) is 10.5 Å². The normalized spacial score (nSPS) is 9.71. The predicted octanol–water partition coefficient (Wildman–Crippen LogP) is 3.34. The lowest BCUT2D eigenvalue weighted by molar-refractivity contribution is 0.253. The smallest absolute Gasteiger partial charge is 0.319 e. The Kier molecular flexibility index (Phi) is 5.86. The molecule has 1 aromatic rings. The first kappa shape index (κ1) is 13.3. The lowest BCUT2D eigenvalue weighted by atomic mass is 10.1. The molecule has 92 valence electrons. The zero-order valence-corrected chi connectivity index (χ0v) is 10.3. The van der Waals surface area contributed by atoms with Gasteiger partial charge in [0.15, 0.2) is 0 Å². The molecule has 1 aromatic carbocycles. The van der Waals surface area contributed by atoms with Crippen LogP contribution >= 0.6 is 0 Å². The summed E-state index contributed by atoms with van der Waals surface area (Å²) in [5, 5.41) is 5.42. The highest BCUT2D eigenvalue weighted by molar-refractivity contribution is 5.89. The van der Waals surface area contributed by atoms with Gasteiger partial charge in [0.05, 0.1) is 0 Å². The van der Waals surface area contributed by atoms with Crippen LogP contribution in [-0.4, -0.2) is 12.6 Å². The van der Waals surface area contributed by atoms with Crippen LogP contribution in [0.25, 0.3) is 0 Å². The molecule has 2 N–H and O–H groups in total. The van der Waals surface area contributed by atoms with E-state index in [0.717, 1.165) is 12.1 Å². The maximum absolute atomic E-state index is 11.4. The van der Waals surface area contributed by atoms with E-state index in [9.17, 15) is 4.79 Å². The molecule has 0 heterocycles. The Hall–Kier alpha value is -1.77. The van der Waals surface area contributed by atoms with Crippen molar-refractivity contribution >= 4 is 11.7 Å². The number of amides is 2. The minimum absolute atomic E-state index is 0.203. The van der Waals surface area contributed by atoms with Crippen molar-refractivity contribution in [2.75, 3.05) is 11.9 Å². The van der Waals surface area contributed by atoms with Crippen LogP contribution in [0, 0.1) is 0 Å². The minimum Gasteiger partial charge on any atom is -0.334 e. The molecule has 0 spiro atoms. The van der Waals surface area contributed by atoms with Crippen LogP contribution < -0.4 is 10.6 Å². The van der Waals surface area contributed by atoms with Crippen molar-refractivity contribution in [2.24, 2.45) is 0 Å². The average Bonchev–Trinajstić information content (AvgIpc) is 2.35. The van der Waals surface area contributed by atoms with E-state index in [2.05, 4.69) is 36.3 Å². The first-order chi connectivity index (χ1) is 8.26. The summed E-state index contributed by atoms with van der Waals surface area (Å²) in [6.45, 7) is 6.19. The second kappa shape index (κ2) is 7.49. The zero-order valence-electron chi connectivity index (χ0n) is 10.3. The van der Waals surface area contributed by atoms with Crippen molar-refractivity contribution in [1.29, 1.82) is 0 Å². The van der Waals surface area contributed by atoms with Gasteiger partial charge in [-0.3, -0.25) is 0 Å². The second-order valence-electron chi connectivity index (χ2n) is 3.92. The average molecular weight is 232 g/mol. The lowest BCUT2D eigenvalue weighted by Gasteiger charge is -2.06. The van der Waals surface area contributed by atoms with Gasteiger partial charge in [-0.25, -0.2) is 4.79 Å². The molecule has 0 fully saturated rings. The molecule has 17 heavy (non-hydrogen) atoms. The molecule has 0 aliphatic rings. The first-order valence-electron chi connectivity index (χ1n) is 6.01. The van der Waals surface area contributed by atoms with E-state index < -0.39 is 0 Å². The van der Waals surface area contributed by atoms with E-state index in [1.807, 2.05) is 12.1 Å². The largest absolute Gasteiger partial charge is 0.334 e. The molecular formula is C14H20N2O. The highest BCUT2D eigenvalue weighted by Gasteiger charge is 1.99. The third-order valence-corrected chi connectivity index (χ3v) is 2.44. The number of unbranched alkanes of at least 4 members (excludes halogenated alkanes) is 1. The Balaban J connectivity index is 2.44. The van der Waals surface area contributed by atoms with E-state index in [1.165, 1.54) is 18.4 Å². The van der Waals surface area contributed by atoms with E-state index in [-0.39, 0.29) is 6.03 Å². The molecule has 0 bridgehead atoms. The molecule has 3 nitrogen and oxygen atoms in total. The van der Waals surface area contributed by atoms with E-state index in [1.54, 1.807) is 6.08 Å². The van der Waals surface area contributed by atoms with Crippen LogP contribution in [0.3, 0.4) is 0 Å². The number of rotatable bonds is 6. The SMILES string of the molecule is C=CCNC(=O)Nc1ccc(CCCC)cc1. The van der Waals surface area contributed by atoms with Gasteiger partial charge in [-0.05, 0) is 30.5 Å². The van der Waals surface area contributed by atoms with Gasteiger partial charge >= 0.3 is 6.03 Å². The van der Waals surface area contributed by atoms with Gasteiger partial charge in [-0.1, -0.05) is 31.6 Å². The molecule has 1 rings (SSSR count). The summed E-state index contributed by atoms with van der Waals surface area (Å²) in [4.78, 5) is 11.4. The molecule has 0 atom stereocenters. The fraction of sp³-hybridized carbons (Fsp3) is 0.357. The standard InChI is InChI=1S/C14H20N2O/c1-3-5-6-12-7-9-13(10-8-12)16-14(17)15-11-4-2/h4,7-10H,2-3,5-6,11H2,1H3,(H2,15,16,17). The van der Waals surface area contributed by atoms with Crippen LogP contribution in [0.15, 0.2) is 36.9 Å². The van der Waals surface area contributed by atoms with Gasteiger partial charge in [-0.15, -0.1) is 6.58 Å². The molecule has 0 aliphatic heterocycles. The van der Waals surface area contributed by atoms with Crippen molar-refractivity contribution in [2.45, 2.75) is 26.2 Å². The molecule has 2 amide bonds. The Morgan fingerprint density at radius 2 is 2.06 bits per heavy atom. The topological polar surface area (TPSA) is 41.1 Å². The molecule has 0 aliphatic carbocycles. The number of hydrogen-bond acceptors (Lipinski definition) is 1. The summed E-state index contributed by atoms with van der Waals surface area (Å²) in [6, 6.07) is 7.76. The Morgan fingerprint density at radius 3 is 2.65 bits per heavy atom. The number of aryl methyl sites for hydroxylation is 1. The van der Waals surface area contributed by atoms with Crippen LogP contribution in [0.5, 0.6) is 0 Å². The van der Waals surface area contributed by atoms with Crippen molar-refractivity contribution < 1.29 is 4.79 Å². The Labute approximate surface area is 103 Å². The fourth-order valence-electron chi connectivity index (χ4n) is 1.48. The number of urea groups is 1. The van der Waals surface area contributed by atoms with E-state index in [4.69, 9.17) is 0 Å². The van der Waals surface area contributed by atoms with Gasteiger partial charge in [0.25, 0.3) is 0 Å². The summed E-state index contributed by atoms with van der Waals surface area (Å²) in [5.74, 6) is 0. The third kappa shape index (κ3) is 5.20. The van der Waals surface area contributed by atoms with Gasteiger partial charge in [0.1, 0.15) is 0 Å². The molecule has 0 saturated heterocycles. The van der Waals surface area contributed by atoms with E-state index >= 15 is 0 Å². The quantitative estimate of drug-likeness (QED) is 0.726. The summed E-state index contributed by atoms with van der Waals surface area (Å²) >= 11 is 0. The Bertz CT molecular complexity index is 357. The Morgan fingerprint density at radius 1 is 1.35 bits per heavy atom. The number of hydrogen-bond donors (Lipinski definition) is 2. The highest BCUT2D eigenvalue weighted by Crippen LogP contribution is 2.11. The van der Waals surface area contributed by atoms with Crippen LogP contribution in [0.1, 0.15) is 25.3 Å². The molecule has 0 saturated carbocycles. The predicted molar refractivity (Wildman–Crippen MR) is 72.3 cm³/mol. The molecule has 0 radical (unpaired) electrons. The fourth-order valence-corrected chi connectivity index (χ4v) is 1.48. The second-order valence-corrected chi connectivity index (χ2v) is 3.92. The maximum Gasteiger partial charge on any atom is 0.319 e. The maximum atomic E-state index is 11.4. The summed E-state index contributed by atoms with van der Waals surface area (Å²) < 4.78 is 0. The monoisotopic (exact) mass is 232 g/mol. The van der Waals surface area contributed by atoms with Crippen molar-refractivity contribution in [3.05, 3.63) is 42.5 Å². The summed E-state index contributed by atoms with van der Waals surface area (Å²) in [6.07, 6.45) is 5.14. The molecular weight excluding hydrogens is 212 g/mol. The van der Waals surface area contributed by atoms with Crippen LogP contribution in [0.2, 0.25) is 0 Å². The lowest BCUT2D eigenvalue weighted by Crippen LogP contribution is -2.28. The number of nitrogens with one attached hydrogen (secondary N) is 2. The van der Waals surface area contributed by atoms with Crippen molar-refractivity contribution in [1.82, 2.24) is 5.32 Å². The number of anilines is 1. The number of carbonyl (C=O) groups is 1. The van der Waals surface area contributed by atoms with E-state index in [0.29, 0.717) is 6.54 Å². The number of carbonyl (C=O) groups excluding carboxylic acids is 1. The van der Waals surface area contributed by atoms with Gasteiger partial charge < -0.3 is 10.6 Å². The number of benzene rings is 1. The molecule has 0 unspecified atom stereocenters. The highest BCUT2D eigenvalue weighted by atomic mass is 16.2. The molecule has 3 heteroatoms. The van der Waals surface area contributed by atoms with Gasteiger partial charge in [0.2, 0.25) is 0 Å². The van der Waals surface area contributed by atoms with Crippen molar-refractivity contribution in [3.8, 4) is 0 Å². The minimum atomic E-state index is -0.203. The first-order valence-corrected chi connectivity index (χ1v) is 6.01. The van der Waals surface area contributed by atoms with Crippen molar-refractivity contribution in [3.63, 3.8) is 0 Å². The summed E-state index contributed by atoms with van der Waals surface area (Å²) in [5.41, 5.74) is 2.12. The third-order valence-electron chi connectivity index (χ3n) is 2.44. The molecule has 0 aromatic heterocycles. The summed E-state index contributed by atoms with van der Waals surface area (Å²) in [7, 11) is 0. The zero-order chi connectivity index (χ0) is 12.5. The van der Waals surface area contributed by atoms with Gasteiger partial charge in [-0.2, -0.15) is 0 Å².